The van der Waals surface area contributed by atoms with Crippen LogP contribution in [0.15, 0.2) is 24.3 Å². The van der Waals surface area contributed by atoms with Gasteiger partial charge in [-0.1, -0.05) is 18.2 Å². The summed E-state index contributed by atoms with van der Waals surface area (Å²) in [7, 11) is 2.17. The lowest BCUT2D eigenvalue weighted by Gasteiger charge is -2.31. The molecular formula is C23H31N3O3. The van der Waals surface area contributed by atoms with Gasteiger partial charge in [0.15, 0.2) is 0 Å². The lowest BCUT2D eigenvalue weighted by atomic mass is 9.97. The summed E-state index contributed by atoms with van der Waals surface area (Å²) < 4.78 is 7.49. The predicted octanol–water partition coefficient (Wildman–Crippen LogP) is 2.82. The minimum atomic E-state index is -0.116. The normalized spacial score (nSPS) is 18.1. The minimum Gasteiger partial charge on any atom is -0.466 e. The van der Waals surface area contributed by atoms with Gasteiger partial charge in [-0.15, -0.1) is 0 Å². The number of para-hydroxylation sites is 1. The van der Waals surface area contributed by atoms with Crippen molar-refractivity contribution in [3.05, 3.63) is 35.5 Å². The Kier molecular flexibility index (Phi) is 5.90. The van der Waals surface area contributed by atoms with Crippen molar-refractivity contribution in [1.82, 2.24) is 14.4 Å². The number of fused-ring (bicyclic) bond motifs is 3. The smallest absolute Gasteiger partial charge is 0.309 e. The monoisotopic (exact) mass is 397 g/mol. The highest BCUT2D eigenvalue weighted by atomic mass is 16.5. The standard InChI is InChI=1S/C23H31N3O3/c1-3-29-23(28)17-8-13-25(14-9-17)22(27)11-15-26-20-7-5-4-6-18(20)19-16-24(2)12-10-21(19)26/h4-7,17H,3,8-16H2,1-2H3. The van der Waals surface area contributed by atoms with Gasteiger partial charge in [-0.3, -0.25) is 9.59 Å². The summed E-state index contributed by atoms with van der Waals surface area (Å²) in [6.45, 7) is 6.30. The number of nitrogens with zero attached hydrogens (tertiary/aromatic N) is 3. The molecule has 1 amide bonds. The molecule has 4 rings (SSSR count). The zero-order chi connectivity index (χ0) is 20.4. The molecule has 1 aromatic heterocycles. The molecule has 3 heterocycles. The number of likely N-dealkylation sites (tertiary alicyclic amines) is 1. The zero-order valence-corrected chi connectivity index (χ0v) is 17.5. The number of likely N-dealkylation sites (N-methyl/N-ethyl adjacent to an activating group) is 1. The van der Waals surface area contributed by atoms with Gasteiger partial charge in [0.05, 0.1) is 12.5 Å². The maximum absolute atomic E-state index is 12.8. The number of hydrogen-bond donors (Lipinski definition) is 0. The van der Waals surface area contributed by atoms with Crippen molar-refractivity contribution >= 4 is 22.8 Å². The van der Waals surface area contributed by atoms with Gasteiger partial charge < -0.3 is 19.1 Å². The maximum atomic E-state index is 12.8. The molecule has 0 bridgehead atoms. The Morgan fingerprint density at radius 3 is 2.66 bits per heavy atom. The number of carbonyl (C=O) groups excluding carboxylic acids is 2. The molecule has 0 spiro atoms. The summed E-state index contributed by atoms with van der Waals surface area (Å²) in [5.74, 6) is 0.0122. The molecule has 0 atom stereocenters. The van der Waals surface area contributed by atoms with Crippen LogP contribution in [0.1, 0.15) is 37.4 Å². The minimum absolute atomic E-state index is 0.0589. The van der Waals surface area contributed by atoms with Crippen molar-refractivity contribution in [3.8, 4) is 0 Å². The van der Waals surface area contributed by atoms with E-state index in [-0.39, 0.29) is 17.8 Å². The molecule has 2 aromatic rings. The highest BCUT2D eigenvalue weighted by Gasteiger charge is 2.28. The number of piperidine rings is 1. The largest absolute Gasteiger partial charge is 0.466 e. The lowest BCUT2D eigenvalue weighted by molar-refractivity contribution is -0.151. The first-order valence-electron chi connectivity index (χ1n) is 10.8. The molecule has 1 aromatic carbocycles. The van der Waals surface area contributed by atoms with Crippen molar-refractivity contribution in [1.29, 1.82) is 0 Å². The first kappa shape index (κ1) is 20.0. The maximum Gasteiger partial charge on any atom is 0.309 e. The van der Waals surface area contributed by atoms with E-state index in [1.54, 1.807) is 0 Å². The molecule has 0 N–H and O–H groups in total. The van der Waals surface area contributed by atoms with Gasteiger partial charge in [0, 0.05) is 62.2 Å². The van der Waals surface area contributed by atoms with E-state index in [4.69, 9.17) is 4.74 Å². The van der Waals surface area contributed by atoms with E-state index in [9.17, 15) is 9.59 Å². The van der Waals surface area contributed by atoms with Crippen molar-refractivity contribution in [3.63, 3.8) is 0 Å². The molecular weight excluding hydrogens is 366 g/mol. The van der Waals surface area contributed by atoms with Gasteiger partial charge in [0.25, 0.3) is 0 Å². The number of aryl methyl sites for hydroxylation is 1. The Hall–Kier alpha value is -2.34. The van der Waals surface area contributed by atoms with Gasteiger partial charge in [-0.05, 0) is 38.4 Å². The van der Waals surface area contributed by atoms with Gasteiger partial charge >= 0.3 is 5.97 Å². The molecule has 2 aliphatic heterocycles. The van der Waals surface area contributed by atoms with Crippen LogP contribution in [0.3, 0.4) is 0 Å². The van der Waals surface area contributed by atoms with E-state index in [1.165, 1.54) is 22.2 Å². The molecule has 6 heteroatoms. The Labute approximate surface area is 172 Å². The fourth-order valence-electron chi connectivity index (χ4n) is 4.78. The number of amides is 1. The van der Waals surface area contributed by atoms with E-state index in [2.05, 4.69) is 40.8 Å². The molecule has 1 saturated heterocycles. The topological polar surface area (TPSA) is 54.8 Å². The molecule has 29 heavy (non-hydrogen) atoms. The molecule has 2 aliphatic rings. The van der Waals surface area contributed by atoms with Crippen LogP contribution in [0.25, 0.3) is 10.9 Å². The molecule has 6 nitrogen and oxygen atoms in total. The van der Waals surface area contributed by atoms with Crippen LogP contribution >= 0.6 is 0 Å². The number of esters is 1. The van der Waals surface area contributed by atoms with E-state index >= 15 is 0 Å². The van der Waals surface area contributed by atoms with Gasteiger partial charge in [0.2, 0.25) is 5.91 Å². The van der Waals surface area contributed by atoms with Crippen LogP contribution in [-0.2, 0) is 33.8 Å². The van der Waals surface area contributed by atoms with Crippen LogP contribution in [0.2, 0.25) is 0 Å². The molecule has 0 aliphatic carbocycles. The number of benzene rings is 1. The Bertz CT molecular complexity index is 896. The van der Waals surface area contributed by atoms with E-state index in [0.29, 0.717) is 39.0 Å². The summed E-state index contributed by atoms with van der Waals surface area (Å²) in [6, 6.07) is 8.55. The van der Waals surface area contributed by atoms with Crippen molar-refractivity contribution in [2.45, 2.75) is 45.7 Å². The number of hydrogen-bond acceptors (Lipinski definition) is 4. The third-order valence-corrected chi connectivity index (χ3v) is 6.37. The number of carbonyl (C=O) groups is 2. The first-order valence-corrected chi connectivity index (χ1v) is 10.8. The Morgan fingerprint density at radius 2 is 1.90 bits per heavy atom. The third kappa shape index (κ3) is 4.04. The summed E-state index contributed by atoms with van der Waals surface area (Å²) in [5, 5.41) is 1.32. The van der Waals surface area contributed by atoms with E-state index in [1.807, 2.05) is 11.8 Å². The molecule has 0 radical (unpaired) electrons. The SMILES string of the molecule is CCOC(=O)C1CCN(C(=O)CCn2c3c(c4ccccc42)CN(C)CC3)CC1. The van der Waals surface area contributed by atoms with Gasteiger partial charge in [-0.2, -0.15) is 0 Å². The van der Waals surface area contributed by atoms with Gasteiger partial charge in [-0.25, -0.2) is 0 Å². The molecule has 0 saturated carbocycles. The highest BCUT2D eigenvalue weighted by molar-refractivity contribution is 5.86. The predicted molar refractivity (Wildman–Crippen MR) is 113 cm³/mol. The van der Waals surface area contributed by atoms with Crippen molar-refractivity contribution < 1.29 is 14.3 Å². The lowest BCUT2D eigenvalue weighted by Crippen LogP contribution is -2.41. The average molecular weight is 398 g/mol. The van der Waals surface area contributed by atoms with Crippen molar-refractivity contribution in [2.24, 2.45) is 5.92 Å². The summed E-state index contributed by atoms with van der Waals surface area (Å²) >= 11 is 0. The third-order valence-electron chi connectivity index (χ3n) is 6.37. The Balaban J connectivity index is 1.42. The average Bonchev–Trinajstić information content (AvgIpc) is 3.05. The zero-order valence-electron chi connectivity index (χ0n) is 17.5. The van der Waals surface area contributed by atoms with E-state index < -0.39 is 0 Å². The van der Waals surface area contributed by atoms with Crippen LogP contribution < -0.4 is 0 Å². The second-order valence-electron chi connectivity index (χ2n) is 8.24. The van der Waals surface area contributed by atoms with Crippen LogP contribution in [-0.4, -0.2) is 59.5 Å². The quantitative estimate of drug-likeness (QED) is 0.728. The molecule has 156 valence electrons. The fraction of sp³-hybridized carbons (Fsp3) is 0.565. The van der Waals surface area contributed by atoms with Crippen LogP contribution in [0.5, 0.6) is 0 Å². The number of aromatic nitrogens is 1. The Morgan fingerprint density at radius 1 is 1.14 bits per heavy atom. The number of rotatable bonds is 5. The van der Waals surface area contributed by atoms with E-state index in [0.717, 1.165) is 26.1 Å². The number of ether oxygens (including phenoxy) is 1. The second-order valence-corrected chi connectivity index (χ2v) is 8.24. The first-order chi connectivity index (χ1) is 14.1. The molecule has 1 fully saturated rings. The summed E-state index contributed by atoms with van der Waals surface area (Å²) in [5.41, 5.74) is 4.04. The van der Waals surface area contributed by atoms with Crippen LogP contribution in [0.4, 0.5) is 0 Å². The second kappa shape index (κ2) is 8.57. The van der Waals surface area contributed by atoms with Crippen LogP contribution in [0, 0.1) is 5.92 Å². The summed E-state index contributed by atoms with van der Waals surface area (Å²) in [4.78, 5) is 29.0. The van der Waals surface area contributed by atoms with Crippen molar-refractivity contribution in [2.75, 3.05) is 33.3 Å². The fourth-order valence-corrected chi connectivity index (χ4v) is 4.78. The molecule has 0 unspecified atom stereocenters. The highest BCUT2D eigenvalue weighted by Crippen LogP contribution is 2.31. The summed E-state index contributed by atoms with van der Waals surface area (Å²) in [6.07, 6.45) is 2.95. The van der Waals surface area contributed by atoms with Gasteiger partial charge in [0.1, 0.15) is 0 Å².